The Hall–Kier alpha value is -2.12. The molecule has 7 nitrogen and oxygen atoms in total. The number of nitrogens with one attached hydrogen (secondary N) is 1. The first-order chi connectivity index (χ1) is 14.8. The summed E-state index contributed by atoms with van der Waals surface area (Å²) in [6.45, 7) is 4.97. The van der Waals surface area contributed by atoms with Gasteiger partial charge in [0.15, 0.2) is 5.82 Å². The van der Waals surface area contributed by atoms with Crippen LogP contribution < -0.4 is 5.32 Å². The summed E-state index contributed by atoms with van der Waals surface area (Å²) in [5, 5.41) is 7.89. The quantitative estimate of drug-likeness (QED) is 0.673. The number of carbonyl (C=O) groups is 2. The van der Waals surface area contributed by atoms with Crippen LogP contribution >= 0.6 is 23.2 Å². The summed E-state index contributed by atoms with van der Waals surface area (Å²) < 4.78 is 5.45. The van der Waals surface area contributed by atoms with Crippen LogP contribution in [0.15, 0.2) is 22.7 Å². The number of benzene rings is 1. The third-order valence-electron chi connectivity index (χ3n) is 5.88. The summed E-state index contributed by atoms with van der Waals surface area (Å²) in [4.78, 5) is 32.2. The number of halogens is 2. The molecule has 0 spiro atoms. The third kappa shape index (κ3) is 5.04. The first-order valence-electron chi connectivity index (χ1n) is 10.7. The standard InChI is InChI=1S/C22H26Cl2N4O3/c1-12(2)18(21-26-19(27-31-21)13-5-6-13)25-20(29)15-4-3-9-28(11-15)22(30)14-7-8-16(23)17(24)10-14/h7-8,10,12-13,15,18H,3-6,9,11H2,1-2H3,(H,25,29). The van der Waals surface area contributed by atoms with Gasteiger partial charge in [0.05, 0.1) is 16.0 Å². The highest BCUT2D eigenvalue weighted by Crippen LogP contribution is 2.38. The average Bonchev–Trinajstić information content (AvgIpc) is 3.50. The van der Waals surface area contributed by atoms with Crippen LogP contribution in [0, 0.1) is 11.8 Å². The number of rotatable bonds is 6. The Morgan fingerprint density at radius 2 is 1.97 bits per heavy atom. The predicted octanol–water partition coefficient (Wildman–Crippen LogP) is 4.62. The minimum Gasteiger partial charge on any atom is -0.344 e. The highest BCUT2D eigenvalue weighted by Gasteiger charge is 2.34. The van der Waals surface area contributed by atoms with Crippen LogP contribution in [-0.4, -0.2) is 39.9 Å². The van der Waals surface area contributed by atoms with E-state index in [1.54, 1.807) is 23.1 Å². The molecule has 2 unspecified atom stereocenters. The van der Waals surface area contributed by atoms with Crippen molar-refractivity contribution in [2.24, 2.45) is 11.8 Å². The number of aromatic nitrogens is 2. The van der Waals surface area contributed by atoms with Gasteiger partial charge in [0, 0.05) is 24.6 Å². The molecule has 2 heterocycles. The van der Waals surface area contributed by atoms with E-state index in [1.165, 1.54) is 0 Å². The SMILES string of the molecule is CC(C)C(NC(=O)C1CCCN(C(=O)c2ccc(Cl)c(Cl)c2)C1)c1nc(C2CC2)no1. The van der Waals surface area contributed by atoms with Gasteiger partial charge in [-0.15, -0.1) is 0 Å². The topological polar surface area (TPSA) is 88.3 Å². The zero-order chi connectivity index (χ0) is 22.1. The van der Waals surface area contributed by atoms with E-state index < -0.39 is 0 Å². The van der Waals surface area contributed by atoms with Gasteiger partial charge in [-0.2, -0.15) is 4.98 Å². The van der Waals surface area contributed by atoms with Gasteiger partial charge < -0.3 is 14.7 Å². The van der Waals surface area contributed by atoms with E-state index in [-0.39, 0.29) is 29.7 Å². The lowest BCUT2D eigenvalue weighted by atomic mass is 9.95. The van der Waals surface area contributed by atoms with Crippen molar-refractivity contribution in [2.45, 2.75) is 51.5 Å². The van der Waals surface area contributed by atoms with Crippen molar-refractivity contribution in [1.29, 1.82) is 0 Å². The number of nitrogens with zero attached hydrogens (tertiary/aromatic N) is 3. The molecule has 1 aromatic heterocycles. The molecule has 1 saturated carbocycles. The van der Waals surface area contributed by atoms with Gasteiger partial charge in [-0.1, -0.05) is 42.2 Å². The molecule has 1 saturated heterocycles. The van der Waals surface area contributed by atoms with E-state index in [0.29, 0.717) is 40.5 Å². The fourth-order valence-electron chi connectivity index (χ4n) is 3.85. The second-order valence-electron chi connectivity index (χ2n) is 8.71. The Morgan fingerprint density at radius 1 is 1.19 bits per heavy atom. The van der Waals surface area contributed by atoms with Gasteiger partial charge in [0.2, 0.25) is 11.8 Å². The van der Waals surface area contributed by atoms with Gasteiger partial charge >= 0.3 is 0 Å². The van der Waals surface area contributed by atoms with Crippen LogP contribution in [0.2, 0.25) is 10.0 Å². The molecule has 2 aliphatic rings. The number of hydrogen-bond acceptors (Lipinski definition) is 5. The molecular weight excluding hydrogens is 439 g/mol. The highest BCUT2D eigenvalue weighted by atomic mass is 35.5. The van der Waals surface area contributed by atoms with Crippen LogP contribution in [0.4, 0.5) is 0 Å². The van der Waals surface area contributed by atoms with E-state index in [1.807, 2.05) is 13.8 Å². The molecule has 1 aliphatic carbocycles. The number of likely N-dealkylation sites (tertiary alicyclic amines) is 1. The molecule has 31 heavy (non-hydrogen) atoms. The van der Waals surface area contributed by atoms with Crippen molar-refractivity contribution >= 4 is 35.0 Å². The maximum atomic E-state index is 13.1. The molecule has 166 valence electrons. The Morgan fingerprint density at radius 3 is 2.65 bits per heavy atom. The normalized spacial score (nSPS) is 20.0. The molecule has 1 aliphatic heterocycles. The third-order valence-corrected chi connectivity index (χ3v) is 6.62. The van der Waals surface area contributed by atoms with Crippen LogP contribution in [0.25, 0.3) is 0 Å². The summed E-state index contributed by atoms with van der Waals surface area (Å²) in [6, 6.07) is 4.48. The lowest BCUT2D eigenvalue weighted by Gasteiger charge is -2.33. The Bertz CT molecular complexity index is 973. The van der Waals surface area contributed by atoms with Crippen LogP contribution in [0.1, 0.15) is 73.6 Å². The van der Waals surface area contributed by atoms with Crippen LogP contribution in [0.3, 0.4) is 0 Å². The monoisotopic (exact) mass is 464 g/mol. The summed E-state index contributed by atoms with van der Waals surface area (Å²) in [7, 11) is 0. The molecule has 2 fully saturated rings. The first-order valence-corrected chi connectivity index (χ1v) is 11.5. The Labute approximate surface area is 191 Å². The van der Waals surface area contributed by atoms with Gasteiger partial charge in [0.1, 0.15) is 6.04 Å². The number of amides is 2. The second-order valence-corrected chi connectivity index (χ2v) is 9.53. The summed E-state index contributed by atoms with van der Waals surface area (Å²) in [6.07, 6.45) is 3.65. The largest absolute Gasteiger partial charge is 0.344 e. The lowest BCUT2D eigenvalue weighted by molar-refractivity contribution is -0.127. The van der Waals surface area contributed by atoms with E-state index >= 15 is 0 Å². The van der Waals surface area contributed by atoms with Crippen molar-refractivity contribution in [3.8, 4) is 0 Å². The number of hydrogen-bond donors (Lipinski definition) is 1. The predicted molar refractivity (Wildman–Crippen MR) is 117 cm³/mol. The molecule has 2 amide bonds. The molecule has 2 atom stereocenters. The van der Waals surface area contributed by atoms with Gasteiger partial charge in [-0.25, -0.2) is 0 Å². The molecule has 1 aromatic carbocycles. The molecule has 0 bridgehead atoms. The summed E-state index contributed by atoms with van der Waals surface area (Å²) in [5.74, 6) is 1.11. The Kier molecular flexibility index (Phi) is 6.53. The molecule has 0 radical (unpaired) electrons. The zero-order valence-electron chi connectivity index (χ0n) is 17.6. The second kappa shape index (κ2) is 9.17. The Balaban J connectivity index is 1.42. The summed E-state index contributed by atoms with van der Waals surface area (Å²) in [5.41, 5.74) is 0.467. The van der Waals surface area contributed by atoms with Gasteiger partial charge in [0.25, 0.3) is 5.91 Å². The smallest absolute Gasteiger partial charge is 0.253 e. The van der Waals surface area contributed by atoms with Gasteiger partial charge in [-0.05, 0) is 49.8 Å². The molecule has 2 aromatic rings. The fraction of sp³-hybridized carbons (Fsp3) is 0.545. The van der Waals surface area contributed by atoms with Crippen molar-refractivity contribution in [2.75, 3.05) is 13.1 Å². The molecular formula is C22H26Cl2N4O3. The zero-order valence-corrected chi connectivity index (χ0v) is 19.1. The average molecular weight is 465 g/mol. The van der Waals surface area contributed by atoms with Crippen LogP contribution in [0.5, 0.6) is 0 Å². The first kappa shape index (κ1) is 22.1. The van der Waals surface area contributed by atoms with Crippen molar-refractivity contribution in [3.05, 3.63) is 45.5 Å². The highest BCUT2D eigenvalue weighted by molar-refractivity contribution is 6.42. The minimum atomic E-state index is -0.353. The van der Waals surface area contributed by atoms with E-state index in [0.717, 1.165) is 31.5 Å². The van der Waals surface area contributed by atoms with E-state index in [9.17, 15) is 9.59 Å². The molecule has 1 N–H and O–H groups in total. The van der Waals surface area contributed by atoms with Crippen molar-refractivity contribution in [3.63, 3.8) is 0 Å². The number of piperidine rings is 1. The van der Waals surface area contributed by atoms with Crippen molar-refractivity contribution < 1.29 is 14.1 Å². The number of carbonyl (C=O) groups excluding carboxylic acids is 2. The maximum absolute atomic E-state index is 13.1. The van der Waals surface area contributed by atoms with Crippen molar-refractivity contribution in [1.82, 2.24) is 20.4 Å². The fourth-order valence-corrected chi connectivity index (χ4v) is 4.15. The molecule has 4 rings (SSSR count). The minimum absolute atomic E-state index is 0.0917. The summed E-state index contributed by atoms with van der Waals surface area (Å²) >= 11 is 12.0. The van der Waals surface area contributed by atoms with E-state index in [2.05, 4.69) is 15.5 Å². The van der Waals surface area contributed by atoms with E-state index in [4.69, 9.17) is 27.7 Å². The lowest BCUT2D eigenvalue weighted by Crippen LogP contribution is -2.46. The van der Waals surface area contributed by atoms with Gasteiger partial charge in [-0.3, -0.25) is 9.59 Å². The maximum Gasteiger partial charge on any atom is 0.253 e. The van der Waals surface area contributed by atoms with Crippen LogP contribution in [-0.2, 0) is 4.79 Å². The molecule has 9 heteroatoms.